The van der Waals surface area contributed by atoms with Gasteiger partial charge in [0.2, 0.25) is 5.91 Å². The van der Waals surface area contributed by atoms with E-state index < -0.39 is 0 Å². The minimum Gasteiger partial charge on any atom is -0.351 e. The van der Waals surface area contributed by atoms with Gasteiger partial charge in [0, 0.05) is 6.54 Å². The fourth-order valence-electron chi connectivity index (χ4n) is 3.07. The van der Waals surface area contributed by atoms with Gasteiger partial charge in [-0.2, -0.15) is 0 Å². The van der Waals surface area contributed by atoms with Gasteiger partial charge in [-0.3, -0.25) is 9.59 Å². The Balaban J connectivity index is 1.53. The average molecular weight is 351 g/mol. The second-order valence-corrected chi connectivity index (χ2v) is 7.02. The van der Waals surface area contributed by atoms with E-state index in [0.29, 0.717) is 16.6 Å². The number of rotatable bonds is 3. The van der Waals surface area contributed by atoms with E-state index in [-0.39, 0.29) is 18.2 Å². The Morgan fingerprint density at radius 2 is 2.04 bits per heavy atom. The van der Waals surface area contributed by atoms with Crippen LogP contribution < -0.4 is 10.6 Å². The zero-order chi connectivity index (χ0) is 17.2. The summed E-state index contributed by atoms with van der Waals surface area (Å²) in [7, 11) is 0. The zero-order valence-electron chi connectivity index (χ0n) is 13.5. The third-order valence-electron chi connectivity index (χ3n) is 4.26. The first-order chi connectivity index (χ1) is 12.2. The fourth-order valence-corrected chi connectivity index (χ4v) is 4.02. The smallest absolute Gasteiger partial charge is 0.263 e. The predicted octanol–water partition coefficient (Wildman–Crippen LogP) is 3.15. The molecule has 126 valence electrons. The highest BCUT2D eigenvalue weighted by Crippen LogP contribution is 2.26. The van der Waals surface area contributed by atoms with Crippen LogP contribution in [0.5, 0.6) is 0 Å². The summed E-state index contributed by atoms with van der Waals surface area (Å²) in [5.74, 6) is -0.222. The molecule has 5 nitrogen and oxygen atoms in total. The molecular weight excluding hydrogens is 334 g/mol. The minimum absolute atomic E-state index is 0.0976. The van der Waals surface area contributed by atoms with E-state index in [4.69, 9.17) is 0 Å². The highest BCUT2D eigenvalue weighted by Gasteiger charge is 2.21. The number of hydrogen-bond donors (Lipinski definition) is 2. The maximum Gasteiger partial charge on any atom is 0.263 e. The zero-order valence-corrected chi connectivity index (χ0v) is 14.4. The molecule has 1 aromatic heterocycles. The Kier molecular flexibility index (Phi) is 4.19. The number of carbonyl (C=O) groups excluding carboxylic acids is 2. The second-order valence-electron chi connectivity index (χ2n) is 6.02. The molecule has 0 fully saturated rings. The molecule has 0 spiro atoms. The van der Waals surface area contributed by atoms with E-state index in [1.165, 1.54) is 11.3 Å². The van der Waals surface area contributed by atoms with Crippen LogP contribution in [0.2, 0.25) is 0 Å². The number of amides is 2. The molecule has 0 atom stereocenters. The van der Waals surface area contributed by atoms with E-state index in [2.05, 4.69) is 15.6 Å². The molecule has 4 rings (SSSR count). The largest absolute Gasteiger partial charge is 0.351 e. The number of carbonyl (C=O) groups is 2. The minimum atomic E-state index is -0.124. The SMILES string of the molecule is O=C(Cc1cccc2ccccc12)Nc1nc2c(s1)C(=O)NCCC2. The van der Waals surface area contributed by atoms with Crippen molar-refractivity contribution in [1.82, 2.24) is 10.3 Å². The van der Waals surface area contributed by atoms with Crippen molar-refractivity contribution in [2.24, 2.45) is 0 Å². The molecule has 2 N–H and O–H groups in total. The monoisotopic (exact) mass is 351 g/mol. The van der Waals surface area contributed by atoms with Crippen molar-refractivity contribution in [3.05, 3.63) is 58.6 Å². The van der Waals surface area contributed by atoms with Crippen molar-refractivity contribution in [3.63, 3.8) is 0 Å². The lowest BCUT2D eigenvalue weighted by Crippen LogP contribution is -2.21. The van der Waals surface area contributed by atoms with Gasteiger partial charge in [-0.15, -0.1) is 0 Å². The highest BCUT2D eigenvalue weighted by atomic mass is 32.1. The molecule has 25 heavy (non-hydrogen) atoms. The van der Waals surface area contributed by atoms with E-state index in [0.717, 1.165) is 34.9 Å². The molecule has 0 saturated carbocycles. The van der Waals surface area contributed by atoms with E-state index in [9.17, 15) is 9.59 Å². The third-order valence-corrected chi connectivity index (χ3v) is 5.27. The van der Waals surface area contributed by atoms with Crippen LogP contribution in [0.4, 0.5) is 5.13 Å². The second kappa shape index (κ2) is 6.64. The average Bonchev–Trinajstić information content (AvgIpc) is 2.93. The Morgan fingerprint density at radius 3 is 2.96 bits per heavy atom. The maximum absolute atomic E-state index is 12.4. The Morgan fingerprint density at radius 1 is 1.20 bits per heavy atom. The standard InChI is InChI=1S/C19H17N3O2S/c23-16(11-13-7-3-6-12-5-1-2-8-14(12)13)22-19-21-15-9-4-10-20-18(24)17(15)25-19/h1-3,5-8H,4,9-11H2,(H,20,24)(H,21,22,23). The van der Waals surface area contributed by atoms with Crippen LogP contribution in [0.1, 0.15) is 27.3 Å². The first kappa shape index (κ1) is 15.8. The van der Waals surface area contributed by atoms with Gasteiger partial charge in [0.25, 0.3) is 5.91 Å². The van der Waals surface area contributed by atoms with E-state index >= 15 is 0 Å². The fraction of sp³-hybridized carbons (Fsp3) is 0.211. The molecule has 0 bridgehead atoms. The number of anilines is 1. The lowest BCUT2D eigenvalue weighted by atomic mass is 10.0. The van der Waals surface area contributed by atoms with E-state index in [1.54, 1.807) is 0 Å². The van der Waals surface area contributed by atoms with Gasteiger partial charge in [0.05, 0.1) is 12.1 Å². The van der Waals surface area contributed by atoms with Crippen molar-refractivity contribution in [3.8, 4) is 0 Å². The quantitative estimate of drug-likeness (QED) is 0.761. The summed E-state index contributed by atoms with van der Waals surface area (Å²) in [6, 6.07) is 14.0. The summed E-state index contributed by atoms with van der Waals surface area (Å²) in [5, 5.41) is 8.38. The first-order valence-electron chi connectivity index (χ1n) is 8.25. The maximum atomic E-state index is 12.4. The van der Waals surface area contributed by atoms with Gasteiger partial charge in [0.1, 0.15) is 4.88 Å². The van der Waals surface area contributed by atoms with Gasteiger partial charge in [0.15, 0.2) is 5.13 Å². The molecule has 2 aromatic carbocycles. The number of thiazole rings is 1. The van der Waals surface area contributed by atoms with Gasteiger partial charge < -0.3 is 10.6 Å². The van der Waals surface area contributed by atoms with Gasteiger partial charge in [-0.25, -0.2) is 4.98 Å². The first-order valence-corrected chi connectivity index (χ1v) is 9.07. The van der Waals surface area contributed by atoms with Gasteiger partial charge >= 0.3 is 0 Å². The van der Waals surface area contributed by atoms with Crippen LogP contribution in [0, 0.1) is 0 Å². The Labute approximate surface area is 149 Å². The molecule has 2 heterocycles. The topological polar surface area (TPSA) is 71.1 Å². The molecule has 6 heteroatoms. The third kappa shape index (κ3) is 3.25. The number of benzene rings is 2. The summed E-state index contributed by atoms with van der Waals surface area (Å²) in [5.41, 5.74) is 1.76. The van der Waals surface area contributed by atoms with Crippen LogP contribution >= 0.6 is 11.3 Å². The lowest BCUT2D eigenvalue weighted by Gasteiger charge is -2.06. The van der Waals surface area contributed by atoms with Crippen LogP contribution in [0.15, 0.2) is 42.5 Å². The van der Waals surface area contributed by atoms with Crippen LogP contribution in [0.3, 0.4) is 0 Å². The molecule has 1 aliphatic heterocycles. The predicted molar refractivity (Wildman–Crippen MR) is 99.0 cm³/mol. The Bertz CT molecular complexity index is 959. The molecule has 0 unspecified atom stereocenters. The van der Waals surface area contributed by atoms with Gasteiger partial charge in [-0.05, 0) is 29.2 Å². The van der Waals surface area contributed by atoms with Crippen LogP contribution in [-0.2, 0) is 17.6 Å². The number of aryl methyl sites for hydroxylation is 1. The summed E-state index contributed by atoms with van der Waals surface area (Å²) < 4.78 is 0. The molecule has 1 aliphatic rings. The molecule has 0 radical (unpaired) electrons. The number of nitrogens with one attached hydrogen (secondary N) is 2. The number of fused-ring (bicyclic) bond motifs is 2. The summed E-state index contributed by atoms with van der Waals surface area (Å²) in [4.78, 5) is 29.5. The van der Waals surface area contributed by atoms with Crippen LogP contribution in [-0.4, -0.2) is 23.3 Å². The molecule has 0 saturated heterocycles. The van der Waals surface area contributed by atoms with Crippen molar-refractivity contribution >= 4 is 39.1 Å². The molecule has 3 aromatic rings. The summed E-state index contributed by atoms with van der Waals surface area (Å²) in [6.07, 6.45) is 1.90. The molecule has 0 aliphatic carbocycles. The molecular formula is C19H17N3O2S. The van der Waals surface area contributed by atoms with Crippen molar-refractivity contribution < 1.29 is 9.59 Å². The normalized spacial score (nSPS) is 13.8. The lowest BCUT2D eigenvalue weighted by molar-refractivity contribution is -0.115. The number of nitrogens with zero attached hydrogens (tertiary/aromatic N) is 1. The van der Waals surface area contributed by atoms with E-state index in [1.807, 2.05) is 42.5 Å². The van der Waals surface area contributed by atoms with Crippen molar-refractivity contribution in [1.29, 1.82) is 0 Å². The summed E-state index contributed by atoms with van der Waals surface area (Å²) >= 11 is 1.24. The number of aromatic nitrogens is 1. The summed E-state index contributed by atoms with van der Waals surface area (Å²) in [6.45, 7) is 0.671. The van der Waals surface area contributed by atoms with Crippen molar-refractivity contribution in [2.75, 3.05) is 11.9 Å². The highest BCUT2D eigenvalue weighted by molar-refractivity contribution is 7.17. The van der Waals surface area contributed by atoms with Crippen molar-refractivity contribution in [2.45, 2.75) is 19.3 Å². The molecule has 2 amide bonds. The Hall–Kier alpha value is -2.73. The van der Waals surface area contributed by atoms with Gasteiger partial charge in [-0.1, -0.05) is 53.8 Å². The van der Waals surface area contributed by atoms with Crippen LogP contribution in [0.25, 0.3) is 10.8 Å². The number of hydrogen-bond acceptors (Lipinski definition) is 4.